The molecule has 1 heterocycles. The molecule has 2 aromatic rings. The van der Waals surface area contributed by atoms with Crippen LogP contribution in [0, 0.1) is 0 Å². The molecule has 2 atom stereocenters. The number of amides is 2. The summed E-state index contributed by atoms with van der Waals surface area (Å²) in [7, 11) is 1.63. The summed E-state index contributed by atoms with van der Waals surface area (Å²) in [4.78, 5) is 26.2. The Bertz CT molecular complexity index is 912. The molecule has 2 amide bonds. The van der Waals surface area contributed by atoms with Gasteiger partial charge >= 0.3 is 0 Å². The molecule has 0 saturated carbocycles. The molecule has 1 unspecified atom stereocenters. The number of ether oxygens (including phenoxy) is 1. The van der Waals surface area contributed by atoms with E-state index in [4.69, 9.17) is 9.84 Å². The van der Waals surface area contributed by atoms with E-state index in [9.17, 15) is 9.59 Å². The number of hydrazone groups is 1. The molecule has 0 bridgehead atoms. The molecular formula is C24H31N4O3+. The normalized spacial score (nSPS) is 16.5. The van der Waals surface area contributed by atoms with Crippen LogP contribution in [0.5, 0.6) is 5.75 Å². The van der Waals surface area contributed by atoms with Gasteiger partial charge in [0.1, 0.15) is 5.75 Å². The van der Waals surface area contributed by atoms with Crippen LogP contribution in [0.25, 0.3) is 0 Å². The number of rotatable bonds is 9. The van der Waals surface area contributed by atoms with Gasteiger partial charge in [-0.05, 0) is 37.1 Å². The molecule has 31 heavy (non-hydrogen) atoms. The monoisotopic (exact) mass is 423 g/mol. The van der Waals surface area contributed by atoms with Crippen LogP contribution in [-0.2, 0) is 9.59 Å². The number of methoxy groups -OCH3 is 1. The van der Waals surface area contributed by atoms with E-state index < -0.39 is 0 Å². The topological polar surface area (TPSA) is 75.4 Å². The van der Waals surface area contributed by atoms with Crippen LogP contribution >= 0.6 is 0 Å². The van der Waals surface area contributed by atoms with Gasteiger partial charge in [0.2, 0.25) is 0 Å². The lowest BCUT2D eigenvalue weighted by Gasteiger charge is -2.24. The van der Waals surface area contributed by atoms with Crippen molar-refractivity contribution < 1.29 is 19.2 Å². The first-order chi connectivity index (χ1) is 15.0. The van der Waals surface area contributed by atoms with Crippen LogP contribution in [0.3, 0.4) is 0 Å². The van der Waals surface area contributed by atoms with Crippen molar-refractivity contribution in [1.82, 2.24) is 10.3 Å². The van der Waals surface area contributed by atoms with Gasteiger partial charge in [-0.1, -0.05) is 42.5 Å². The molecule has 1 aliphatic heterocycles. The molecule has 2 N–H and O–H groups in total. The van der Waals surface area contributed by atoms with Gasteiger partial charge in [-0.3, -0.25) is 9.59 Å². The van der Waals surface area contributed by atoms with Gasteiger partial charge in [-0.2, -0.15) is 5.10 Å². The third-order valence-electron chi connectivity index (χ3n) is 5.46. The second-order valence-corrected chi connectivity index (χ2v) is 7.55. The minimum absolute atomic E-state index is 0.0475. The lowest BCUT2D eigenvalue weighted by atomic mass is 9.98. The molecule has 0 fully saturated rings. The molecule has 0 aromatic heterocycles. The van der Waals surface area contributed by atoms with Gasteiger partial charge in [0.15, 0.2) is 13.1 Å². The number of nitrogens with zero attached hydrogens (tertiary/aromatic N) is 2. The van der Waals surface area contributed by atoms with Crippen LogP contribution in [0.2, 0.25) is 0 Å². The van der Waals surface area contributed by atoms with Crippen molar-refractivity contribution in [2.75, 3.05) is 33.3 Å². The number of benzene rings is 2. The highest BCUT2D eigenvalue weighted by Crippen LogP contribution is 2.33. The van der Waals surface area contributed by atoms with Crippen LogP contribution in [0.15, 0.2) is 59.7 Å². The Labute approximate surface area is 183 Å². The number of carbonyl (C=O) groups is 2. The fraction of sp³-hybridized carbons (Fsp3) is 0.375. The van der Waals surface area contributed by atoms with Gasteiger partial charge in [0.25, 0.3) is 11.8 Å². The third-order valence-corrected chi connectivity index (χ3v) is 5.46. The molecule has 3 rings (SSSR count). The molecule has 0 radical (unpaired) electrons. The highest BCUT2D eigenvalue weighted by atomic mass is 16.5. The molecule has 2 aromatic carbocycles. The van der Waals surface area contributed by atoms with Crippen LogP contribution in [0.1, 0.15) is 37.4 Å². The predicted molar refractivity (Wildman–Crippen MR) is 120 cm³/mol. The van der Waals surface area contributed by atoms with Crippen molar-refractivity contribution in [1.29, 1.82) is 0 Å². The molecular weight excluding hydrogens is 392 g/mol. The molecule has 7 heteroatoms. The largest absolute Gasteiger partial charge is 0.497 e. The molecule has 0 saturated heterocycles. The molecule has 164 valence electrons. The third kappa shape index (κ3) is 5.70. The summed E-state index contributed by atoms with van der Waals surface area (Å²) in [6.07, 6.45) is 0.639. The molecule has 0 aliphatic carbocycles. The highest BCUT2D eigenvalue weighted by molar-refractivity contribution is 6.03. The second-order valence-electron chi connectivity index (χ2n) is 7.55. The van der Waals surface area contributed by atoms with Gasteiger partial charge in [-0.15, -0.1) is 0 Å². The van der Waals surface area contributed by atoms with Gasteiger partial charge < -0.3 is 15.0 Å². The lowest BCUT2D eigenvalue weighted by molar-refractivity contribution is -0.882. The summed E-state index contributed by atoms with van der Waals surface area (Å²) in [5.74, 6) is 0.633. The van der Waals surface area contributed by atoms with Crippen molar-refractivity contribution in [3.63, 3.8) is 0 Å². The molecule has 1 aliphatic rings. The van der Waals surface area contributed by atoms with Crippen LogP contribution in [0.4, 0.5) is 0 Å². The maximum Gasteiger partial charge on any atom is 0.298 e. The number of hydrogen-bond donors (Lipinski definition) is 2. The smallest absolute Gasteiger partial charge is 0.298 e. The standard InChI is InChI=1S/C24H30N4O3/c1-4-25-23(29)16-27(5-2)17-24(30)28-22(19-11-13-20(31-3)14-12-19)15-21(26-28)18-9-7-6-8-10-18/h6-14,22H,4-5,15-17H2,1-3H3,(H,25,29)/p+1/t22-/m1/s1. The summed E-state index contributed by atoms with van der Waals surface area (Å²) in [6, 6.07) is 17.5. The molecule has 7 nitrogen and oxygen atoms in total. The number of quaternary nitrogens is 1. The predicted octanol–water partition coefficient (Wildman–Crippen LogP) is 1.41. The maximum atomic E-state index is 13.3. The van der Waals surface area contributed by atoms with Crippen molar-refractivity contribution >= 4 is 17.5 Å². The zero-order chi connectivity index (χ0) is 22.2. The Morgan fingerprint density at radius 2 is 1.81 bits per heavy atom. The summed E-state index contributed by atoms with van der Waals surface area (Å²) >= 11 is 0. The van der Waals surface area contributed by atoms with Gasteiger partial charge in [0.05, 0.1) is 25.4 Å². The molecule has 0 spiro atoms. The number of nitrogens with one attached hydrogen (secondary N) is 2. The average Bonchev–Trinajstić information content (AvgIpc) is 3.25. The van der Waals surface area contributed by atoms with E-state index in [0.29, 0.717) is 19.5 Å². The van der Waals surface area contributed by atoms with E-state index in [1.807, 2.05) is 68.4 Å². The summed E-state index contributed by atoms with van der Waals surface area (Å²) in [6.45, 7) is 5.61. The first-order valence-corrected chi connectivity index (χ1v) is 10.7. The van der Waals surface area contributed by atoms with Crippen molar-refractivity contribution in [2.24, 2.45) is 5.10 Å². The first kappa shape index (κ1) is 22.5. The van der Waals surface area contributed by atoms with Crippen molar-refractivity contribution in [3.8, 4) is 5.75 Å². The number of hydrogen-bond acceptors (Lipinski definition) is 4. The van der Waals surface area contributed by atoms with E-state index in [-0.39, 0.29) is 30.9 Å². The Balaban J connectivity index is 1.83. The van der Waals surface area contributed by atoms with Crippen LogP contribution in [-0.4, -0.2) is 55.8 Å². The lowest BCUT2D eigenvalue weighted by Crippen LogP contribution is -3.14. The maximum absolute atomic E-state index is 13.3. The quantitative estimate of drug-likeness (QED) is 0.641. The van der Waals surface area contributed by atoms with E-state index in [1.54, 1.807) is 12.1 Å². The minimum atomic E-state index is -0.184. The zero-order valence-corrected chi connectivity index (χ0v) is 18.4. The van der Waals surface area contributed by atoms with E-state index >= 15 is 0 Å². The summed E-state index contributed by atoms with van der Waals surface area (Å²) in [5, 5.41) is 9.11. The van der Waals surface area contributed by atoms with Crippen molar-refractivity contribution in [3.05, 3.63) is 65.7 Å². The van der Waals surface area contributed by atoms with Gasteiger partial charge in [0, 0.05) is 13.0 Å². The summed E-state index contributed by atoms with van der Waals surface area (Å²) in [5.41, 5.74) is 2.90. The zero-order valence-electron chi connectivity index (χ0n) is 18.4. The number of likely N-dealkylation sites (N-methyl/N-ethyl adjacent to an activating group) is 2. The minimum Gasteiger partial charge on any atom is -0.497 e. The fourth-order valence-corrected chi connectivity index (χ4v) is 3.73. The van der Waals surface area contributed by atoms with E-state index in [2.05, 4.69) is 5.32 Å². The first-order valence-electron chi connectivity index (χ1n) is 10.7. The van der Waals surface area contributed by atoms with Crippen LogP contribution < -0.4 is 15.0 Å². The van der Waals surface area contributed by atoms with E-state index in [0.717, 1.165) is 27.5 Å². The summed E-state index contributed by atoms with van der Waals surface area (Å²) < 4.78 is 5.27. The Hall–Kier alpha value is -3.19. The van der Waals surface area contributed by atoms with E-state index in [1.165, 1.54) is 0 Å². The number of carbonyl (C=O) groups excluding carboxylic acids is 2. The Morgan fingerprint density at radius 3 is 2.42 bits per heavy atom. The SMILES string of the molecule is CCNC(=O)C[NH+](CC)CC(=O)N1N=C(c2ccccc2)C[C@@H]1c1ccc(OC)cc1. The Morgan fingerprint density at radius 1 is 1.10 bits per heavy atom. The van der Waals surface area contributed by atoms with Gasteiger partial charge in [-0.25, -0.2) is 5.01 Å². The second kappa shape index (κ2) is 10.7. The average molecular weight is 424 g/mol. The van der Waals surface area contributed by atoms with Crippen molar-refractivity contribution in [2.45, 2.75) is 26.3 Å². The fourth-order valence-electron chi connectivity index (χ4n) is 3.73. The Kier molecular flexibility index (Phi) is 7.78. The highest BCUT2D eigenvalue weighted by Gasteiger charge is 2.34.